The summed E-state index contributed by atoms with van der Waals surface area (Å²) in [4.78, 5) is 11.7. The number of nitrogens with one attached hydrogen (secondary N) is 1. The lowest BCUT2D eigenvalue weighted by atomic mass is 10.1. The summed E-state index contributed by atoms with van der Waals surface area (Å²) in [6.45, 7) is 0.108. The predicted octanol–water partition coefficient (Wildman–Crippen LogP) is 3.93. The van der Waals surface area contributed by atoms with Crippen LogP contribution in [0.5, 0.6) is 5.75 Å². The topological polar surface area (TPSA) is 38.3 Å². The van der Waals surface area contributed by atoms with E-state index in [-0.39, 0.29) is 31.2 Å². The molecule has 0 saturated heterocycles. The van der Waals surface area contributed by atoms with Crippen molar-refractivity contribution in [3.63, 3.8) is 0 Å². The monoisotopic (exact) mass is 341 g/mol. The first-order chi connectivity index (χ1) is 11.4. The van der Waals surface area contributed by atoms with Crippen LogP contribution in [0.15, 0.2) is 48.5 Å². The van der Waals surface area contributed by atoms with Crippen molar-refractivity contribution in [1.82, 2.24) is 5.32 Å². The van der Waals surface area contributed by atoms with Gasteiger partial charge in [-0.25, -0.2) is 4.39 Å². The molecule has 0 atom stereocenters. The fourth-order valence-corrected chi connectivity index (χ4v) is 1.92. The zero-order valence-electron chi connectivity index (χ0n) is 12.6. The van der Waals surface area contributed by atoms with E-state index in [1.807, 2.05) is 0 Å². The van der Waals surface area contributed by atoms with Crippen molar-refractivity contribution in [2.45, 2.75) is 19.1 Å². The Morgan fingerprint density at radius 2 is 1.71 bits per heavy atom. The molecule has 0 aliphatic heterocycles. The highest BCUT2D eigenvalue weighted by Gasteiger charge is 2.29. The summed E-state index contributed by atoms with van der Waals surface area (Å²) in [5.41, 5.74) is -0.192. The Bertz CT molecular complexity index is 684. The average Bonchev–Trinajstić information content (AvgIpc) is 2.54. The van der Waals surface area contributed by atoms with Crippen molar-refractivity contribution >= 4 is 5.91 Å². The minimum absolute atomic E-state index is 0.000220. The van der Waals surface area contributed by atoms with Gasteiger partial charge in [-0.05, 0) is 29.8 Å². The molecule has 0 bridgehead atoms. The van der Waals surface area contributed by atoms with Gasteiger partial charge in [0.05, 0.1) is 18.6 Å². The first-order valence-electron chi connectivity index (χ1n) is 7.16. The first-order valence-corrected chi connectivity index (χ1v) is 7.16. The molecule has 0 saturated carbocycles. The third-order valence-corrected chi connectivity index (χ3v) is 3.19. The second-order valence-corrected chi connectivity index (χ2v) is 5.00. The number of alkyl halides is 3. The van der Waals surface area contributed by atoms with Gasteiger partial charge in [0, 0.05) is 6.54 Å². The summed E-state index contributed by atoms with van der Waals surface area (Å²) < 4.78 is 55.7. The number of rotatable bonds is 6. The second-order valence-electron chi connectivity index (χ2n) is 5.00. The number of amides is 1. The smallest absolute Gasteiger partial charge is 0.416 e. The Morgan fingerprint density at radius 1 is 1.04 bits per heavy atom. The number of carbonyl (C=O) groups excluding carboxylic acids is 1. The van der Waals surface area contributed by atoms with Crippen LogP contribution >= 0.6 is 0 Å². The van der Waals surface area contributed by atoms with Crippen LogP contribution in [0.3, 0.4) is 0 Å². The standard InChI is InChI=1S/C17H15F4NO2/c18-14-3-1-2-4-15(14)24-10-9-16(23)22-11-12-5-7-13(8-6-12)17(19,20)21/h1-8H,9-11H2,(H,22,23). The molecule has 2 aromatic rings. The quantitative estimate of drug-likeness (QED) is 0.809. The number of para-hydroxylation sites is 1. The van der Waals surface area contributed by atoms with Gasteiger partial charge in [-0.3, -0.25) is 4.79 Å². The van der Waals surface area contributed by atoms with Crippen molar-refractivity contribution < 1.29 is 27.1 Å². The van der Waals surface area contributed by atoms with Crippen molar-refractivity contribution in [1.29, 1.82) is 0 Å². The van der Waals surface area contributed by atoms with Gasteiger partial charge in [0.1, 0.15) is 0 Å². The number of ether oxygens (including phenoxy) is 1. The third-order valence-electron chi connectivity index (χ3n) is 3.19. The molecule has 0 spiro atoms. The molecule has 0 aliphatic carbocycles. The van der Waals surface area contributed by atoms with E-state index in [2.05, 4.69) is 5.32 Å². The Balaban J connectivity index is 1.74. The van der Waals surface area contributed by atoms with Gasteiger partial charge in [0.15, 0.2) is 11.6 Å². The number of benzene rings is 2. The number of halogens is 4. The molecule has 0 aliphatic rings. The zero-order chi connectivity index (χ0) is 17.6. The molecule has 1 N–H and O–H groups in total. The highest BCUT2D eigenvalue weighted by atomic mass is 19.4. The SMILES string of the molecule is O=C(CCOc1ccccc1F)NCc1ccc(C(F)(F)F)cc1. The molecule has 1 amide bonds. The summed E-state index contributed by atoms with van der Waals surface area (Å²) in [6, 6.07) is 10.4. The molecule has 0 fully saturated rings. The van der Waals surface area contributed by atoms with Gasteiger partial charge in [-0.15, -0.1) is 0 Å². The van der Waals surface area contributed by atoms with Crippen LogP contribution in [0.1, 0.15) is 17.5 Å². The van der Waals surface area contributed by atoms with Crippen LogP contribution in [0, 0.1) is 5.82 Å². The summed E-state index contributed by atoms with van der Waals surface area (Å²) in [6.07, 6.45) is -4.37. The van der Waals surface area contributed by atoms with Crippen LogP contribution in [0.4, 0.5) is 17.6 Å². The molecule has 24 heavy (non-hydrogen) atoms. The van der Waals surface area contributed by atoms with Gasteiger partial charge in [0.2, 0.25) is 5.91 Å². The van der Waals surface area contributed by atoms with Crippen molar-refractivity contribution in [2.75, 3.05) is 6.61 Å². The van der Waals surface area contributed by atoms with E-state index >= 15 is 0 Å². The highest BCUT2D eigenvalue weighted by molar-refractivity contribution is 5.76. The number of hydrogen-bond acceptors (Lipinski definition) is 2. The van der Waals surface area contributed by atoms with Crippen LogP contribution < -0.4 is 10.1 Å². The Morgan fingerprint density at radius 3 is 2.33 bits per heavy atom. The van der Waals surface area contributed by atoms with Crippen molar-refractivity contribution in [3.05, 3.63) is 65.5 Å². The predicted molar refractivity (Wildman–Crippen MR) is 79.8 cm³/mol. The van der Waals surface area contributed by atoms with Gasteiger partial charge < -0.3 is 10.1 Å². The molecule has 2 aromatic carbocycles. The van der Waals surface area contributed by atoms with E-state index in [4.69, 9.17) is 4.74 Å². The van der Waals surface area contributed by atoms with E-state index < -0.39 is 17.6 Å². The van der Waals surface area contributed by atoms with E-state index in [0.717, 1.165) is 12.1 Å². The fraction of sp³-hybridized carbons (Fsp3) is 0.235. The second kappa shape index (κ2) is 7.81. The molecule has 0 heterocycles. The van der Waals surface area contributed by atoms with Gasteiger partial charge >= 0.3 is 6.18 Å². The molecule has 2 rings (SSSR count). The maximum atomic E-state index is 13.3. The lowest BCUT2D eigenvalue weighted by Gasteiger charge is -2.09. The van der Waals surface area contributed by atoms with Gasteiger partial charge in [-0.1, -0.05) is 24.3 Å². The van der Waals surface area contributed by atoms with E-state index in [1.165, 1.54) is 30.3 Å². The average molecular weight is 341 g/mol. The maximum Gasteiger partial charge on any atom is 0.416 e. The van der Waals surface area contributed by atoms with Gasteiger partial charge in [-0.2, -0.15) is 13.2 Å². The maximum absolute atomic E-state index is 13.3. The van der Waals surface area contributed by atoms with Crippen molar-refractivity contribution in [2.24, 2.45) is 0 Å². The van der Waals surface area contributed by atoms with Crippen LogP contribution in [-0.2, 0) is 17.5 Å². The van der Waals surface area contributed by atoms with Crippen LogP contribution in [-0.4, -0.2) is 12.5 Å². The molecule has 0 radical (unpaired) electrons. The number of hydrogen-bond donors (Lipinski definition) is 1. The summed E-state index contributed by atoms with van der Waals surface area (Å²) >= 11 is 0. The molecular weight excluding hydrogens is 326 g/mol. The third kappa shape index (κ3) is 5.26. The molecule has 0 aromatic heterocycles. The van der Waals surface area contributed by atoms with E-state index in [0.29, 0.717) is 5.56 Å². The molecular formula is C17H15F4NO2. The van der Waals surface area contributed by atoms with Crippen LogP contribution in [0.25, 0.3) is 0 Å². The van der Waals surface area contributed by atoms with Gasteiger partial charge in [0.25, 0.3) is 0 Å². The van der Waals surface area contributed by atoms with Crippen LogP contribution in [0.2, 0.25) is 0 Å². The lowest BCUT2D eigenvalue weighted by molar-refractivity contribution is -0.137. The highest BCUT2D eigenvalue weighted by Crippen LogP contribution is 2.29. The number of carbonyl (C=O) groups is 1. The first kappa shape index (κ1) is 17.8. The molecule has 128 valence electrons. The minimum atomic E-state index is -4.38. The fourth-order valence-electron chi connectivity index (χ4n) is 1.92. The zero-order valence-corrected chi connectivity index (χ0v) is 12.6. The van der Waals surface area contributed by atoms with E-state index in [1.54, 1.807) is 6.07 Å². The largest absolute Gasteiger partial charge is 0.490 e. The summed E-state index contributed by atoms with van der Waals surface area (Å²) in [5, 5.41) is 2.56. The molecule has 3 nitrogen and oxygen atoms in total. The Labute approximate surface area is 136 Å². The summed E-state index contributed by atoms with van der Waals surface area (Å²) in [5.74, 6) is -0.790. The Hall–Kier alpha value is -2.57. The molecule has 7 heteroatoms. The molecule has 0 unspecified atom stereocenters. The normalized spacial score (nSPS) is 11.2. The van der Waals surface area contributed by atoms with Crippen molar-refractivity contribution in [3.8, 4) is 5.75 Å². The Kier molecular flexibility index (Phi) is 5.78. The summed E-state index contributed by atoms with van der Waals surface area (Å²) in [7, 11) is 0. The van der Waals surface area contributed by atoms with E-state index in [9.17, 15) is 22.4 Å². The lowest BCUT2D eigenvalue weighted by Crippen LogP contribution is -2.24. The minimum Gasteiger partial charge on any atom is -0.490 e.